The van der Waals surface area contributed by atoms with Crippen molar-refractivity contribution in [3.63, 3.8) is 0 Å². The second kappa shape index (κ2) is 2.81. The van der Waals surface area contributed by atoms with Crippen LogP contribution in [0.25, 0.3) is 0 Å². The number of fused-ring (bicyclic) bond motifs is 2. The Morgan fingerprint density at radius 2 is 2.13 bits per heavy atom. The van der Waals surface area contributed by atoms with E-state index in [9.17, 15) is 9.18 Å². The molecule has 0 atom stereocenters. The van der Waals surface area contributed by atoms with Crippen molar-refractivity contribution in [3.8, 4) is 0 Å². The summed E-state index contributed by atoms with van der Waals surface area (Å²) in [6, 6.07) is 4.77. The van der Waals surface area contributed by atoms with Gasteiger partial charge in [-0.15, -0.1) is 0 Å². The van der Waals surface area contributed by atoms with Gasteiger partial charge in [0.05, 0.1) is 0 Å². The van der Waals surface area contributed by atoms with Gasteiger partial charge in [-0.25, -0.2) is 4.39 Å². The smallest absolute Gasteiger partial charge is 0.251 e. The van der Waals surface area contributed by atoms with Crippen molar-refractivity contribution in [2.24, 2.45) is 0 Å². The van der Waals surface area contributed by atoms with Crippen LogP contribution in [0.1, 0.15) is 35.2 Å². The van der Waals surface area contributed by atoms with E-state index in [-0.39, 0.29) is 17.1 Å². The molecule has 1 heterocycles. The van der Waals surface area contributed by atoms with Crippen LogP contribution >= 0.6 is 0 Å². The van der Waals surface area contributed by atoms with Gasteiger partial charge in [-0.1, -0.05) is 12.5 Å². The van der Waals surface area contributed by atoms with Crippen molar-refractivity contribution >= 4 is 5.91 Å². The molecule has 1 saturated carbocycles. The first-order valence-electron chi connectivity index (χ1n) is 5.30. The normalized spacial score (nSPS) is 21.8. The van der Waals surface area contributed by atoms with Gasteiger partial charge < -0.3 is 5.32 Å². The molecule has 1 N–H and O–H groups in total. The van der Waals surface area contributed by atoms with Gasteiger partial charge in [-0.2, -0.15) is 0 Å². The van der Waals surface area contributed by atoms with Crippen molar-refractivity contribution in [1.29, 1.82) is 0 Å². The van der Waals surface area contributed by atoms with E-state index in [0.717, 1.165) is 19.3 Å². The maximum absolute atomic E-state index is 13.8. The number of halogens is 1. The third-order valence-corrected chi connectivity index (χ3v) is 3.69. The molecule has 1 aliphatic heterocycles. The minimum atomic E-state index is -0.220. The highest BCUT2D eigenvalue weighted by Gasteiger charge is 2.45. The highest BCUT2D eigenvalue weighted by Crippen LogP contribution is 2.47. The minimum Gasteiger partial charge on any atom is -0.351 e. The predicted octanol–water partition coefficient (Wildman–Crippen LogP) is 1.99. The molecule has 3 rings (SSSR count). The lowest BCUT2D eigenvalue weighted by Gasteiger charge is -2.46. The molecular weight excluding hydrogens is 193 g/mol. The van der Waals surface area contributed by atoms with Gasteiger partial charge in [0.1, 0.15) is 5.82 Å². The third-order valence-electron chi connectivity index (χ3n) is 3.69. The molecule has 15 heavy (non-hydrogen) atoms. The van der Waals surface area contributed by atoms with Crippen LogP contribution in [0.2, 0.25) is 0 Å². The maximum Gasteiger partial charge on any atom is 0.251 e. The lowest BCUT2D eigenvalue weighted by atomic mass is 9.62. The van der Waals surface area contributed by atoms with Gasteiger partial charge in [-0.05, 0) is 25.0 Å². The number of amides is 1. The molecule has 1 aromatic rings. The molecule has 0 saturated heterocycles. The van der Waals surface area contributed by atoms with Crippen LogP contribution in [0, 0.1) is 5.82 Å². The molecule has 0 bridgehead atoms. The van der Waals surface area contributed by atoms with E-state index in [1.807, 2.05) is 0 Å². The van der Waals surface area contributed by atoms with E-state index < -0.39 is 0 Å². The van der Waals surface area contributed by atoms with E-state index in [2.05, 4.69) is 5.32 Å². The predicted molar refractivity (Wildman–Crippen MR) is 54.3 cm³/mol. The average molecular weight is 205 g/mol. The van der Waals surface area contributed by atoms with Crippen molar-refractivity contribution in [2.45, 2.75) is 24.7 Å². The standard InChI is InChI=1S/C12H12FNO/c13-9-4-1-3-8-10(9)12(5-2-6-12)7-14-11(8)15/h1,3-4H,2,5-7H2,(H,14,15). The van der Waals surface area contributed by atoms with Crippen molar-refractivity contribution in [2.75, 3.05) is 6.54 Å². The molecule has 1 aromatic carbocycles. The summed E-state index contributed by atoms with van der Waals surface area (Å²) in [6.45, 7) is 0.597. The SMILES string of the molecule is O=C1NCC2(CCC2)c2c(F)cccc21. The number of carbonyl (C=O) groups is 1. The average Bonchev–Trinajstić information content (AvgIpc) is 2.17. The molecular formula is C12H12FNO. The van der Waals surface area contributed by atoms with Crippen molar-refractivity contribution in [3.05, 3.63) is 35.1 Å². The highest BCUT2D eigenvalue weighted by molar-refractivity contribution is 5.97. The fourth-order valence-electron chi connectivity index (χ4n) is 2.72. The van der Waals surface area contributed by atoms with Gasteiger partial charge >= 0.3 is 0 Å². The van der Waals surface area contributed by atoms with E-state index >= 15 is 0 Å². The second-order valence-corrected chi connectivity index (χ2v) is 4.48. The van der Waals surface area contributed by atoms with Crippen LogP contribution in [0.5, 0.6) is 0 Å². The van der Waals surface area contributed by atoms with E-state index in [1.54, 1.807) is 12.1 Å². The van der Waals surface area contributed by atoms with Crippen molar-refractivity contribution in [1.82, 2.24) is 5.32 Å². The summed E-state index contributed by atoms with van der Waals surface area (Å²) in [6.07, 6.45) is 3.10. The summed E-state index contributed by atoms with van der Waals surface area (Å²) in [5.41, 5.74) is 1.08. The van der Waals surface area contributed by atoms with Crippen LogP contribution in [0.3, 0.4) is 0 Å². The lowest BCUT2D eigenvalue weighted by Crippen LogP contribution is -2.51. The molecule has 3 heteroatoms. The van der Waals surface area contributed by atoms with Gasteiger partial charge in [0.2, 0.25) is 0 Å². The molecule has 0 radical (unpaired) electrons. The Hall–Kier alpha value is -1.38. The molecule has 1 fully saturated rings. The van der Waals surface area contributed by atoms with Crippen LogP contribution in [0.15, 0.2) is 18.2 Å². The van der Waals surface area contributed by atoms with Gasteiger partial charge in [0.15, 0.2) is 0 Å². The van der Waals surface area contributed by atoms with Gasteiger partial charge in [0, 0.05) is 23.1 Å². The summed E-state index contributed by atoms with van der Waals surface area (Å²) >= 11 is 0. The molecule has 1 amide bonds. The van der Waals surface area contributed by atoms with Crippen LogP contribution in [-0.4, -0.2) is 12.5 Å². The highest BCUT2D eigenvalue weighted by atomic mass is 19.1. The summed E-state index contributed by atoms with van der Waals surface area (Å²) < 4.78 is 13.8. The topological polar surface area (TPSA) is 29.1 Å². The zero-order valence-corrected chi connectivity index (χ0v) is 8.35. The zero-order chi connectivity index (χ0) is 10.5. The Morgan fingerprint density at radius 1 is 1.33 bits per heavy atom. The molecule has 0 unspecified atom stereocenters. The van der Waals surface area contributed by atoms with E-state index in [1.165, 1.54) is 6.07 Å². The first-order valence-corrected chi connectivity index (χ1v) is 5.30. The maximum atomic E-state index is 13.8. The summed E-state index contributed by atoms with van der Waals surface area (Å²) in [5.74, 6) is -0.357. The molecule has 1 spiro atoms. The quantitative estimate of drug-likeness (QED) is 0.689. The first-order chi connectivity index (χ1) is 7.23. The minimum absolute atomic E-state index is 0.103. The number of nitrogens with one attached hydrogen (secondary N) is 1. The van der Waals surface area contributed by atoms with Crippen molar-refractivity contribution < 1.29 is 9.18 Å². The molecule has 2 nitrogen and oxygen atoms in total. The largest absolute Gasteiger partial charge is 0.351 e. The number of hydrogen-bond acceptors (Lipinski definition) is 1. The third kappa shape index (κ3) is 1.06. The Kier molecular flexibility index (Phi) is 1.67. The Labute approximate surface area is 87.5 Å². The first kappa shape index (κ1) is 8.89. The molecule has 1 aliphatic carbocycles. The number of rotatable bonds is 0. The fourth-order valence-corrected chi connectivity index (χ4v) is 2.72. The number of carbonyl (C=O) groups excluding carboxylic acids is 1. The fraction of sp³-hybridized carbons (Fsp3) is 0.417. The summed E-state index contributed by atoms with van der Waals surface area (Å²) in [4.78, 5) is 11.6. The Balaban J connectivity index is 2.23. The zero-order valence-electron chi connectivity index (χ0n) is 8.35. The summed E-state index contributed by atoms with van der Waals surface area (Å²) in [5, 5.41) is 2.85. The lowest BCUT2D eigenvalue weighted by molar-refractivity contribution is 0.0891. The van der Waals surface area contributed by atoms with E-state index in [4.69, 9.17) is 0 Å². The Bertz CT molecular complexity index is 437. The van der Waals surface area contributed by atoms with Gasteiger partial charge in [0.25, 0.3) is 5.91 Å². The number of benzene rings is 1. The second-order valence-electron chi connectivity index (χ2n) is 4.48. The monoisotopic (exact) mass is 205 g/mol. The van der Waals surface area contributed by atoms with Crippen LogP contribution in [-0.2, 0) is 5.41 Å². The van der Waals surface area contributed by atoms with Gasteiger partial charge in [-0.3, -0.25) is 4.79 Å². The number of hydrogen-bond donors (Lipinski definition) is 1. The van der Waals surface area contributed by atoms with Crippen LogP contribution in [0.4, 0.5) is 4.39 Å². The molecule has 2 aliphatic rings. The summed E-state index contributed by atoms with van der Waals surface area (Å²) in [7, 11) is 0. The Morgan fingerprint density at radius 3 is 2.80 bits per heavy atom. The van der Waals surface area contributed by atoms with E-state index in [0.29, 0.717) is 17.7 Å². The van der Waals surface area contributed by atoms with Crippen LogP contribution < -0.4 is 5.32 Å². The molecule has 78 valence electrons. The molecule has 0 aromatic heterocycles.